The molecule has 0 amide bonds. The zero-order chi connectivity index (χ0) is 80.3. The molecule has 122 heavy (non-hydrogen) atoms. The number of aryl methyl sites for hydroxylation is 5. The summed E-state index contributed by atoms with van der Waals surface area (Å²) >= 11 is 0. The van der Waals surface area contributed by atoms with Gasteiger partial charge < -0.3 is 37.2 Å². The molecule has 18 aromatic carbocycles. The number of hydrogen-bond acceptors (Lipinski definition) is 4. The molecule has 0 saturated carbocycles. The van der Waals surface area contributed by atoms with E-state index in [1.165, 1.54) is 186 Å². The first kappa shape index (κ1) is 68.4. The third kappa shape index (κ3) is 9.80. The van der Waals surface area contributed by atoms with Crippen LogP contribution in [0.15, 0.2) is 382 Å². The SMILES string of the molecule is CCc1ccc(N(c2ccccc2)c2ccc3c4cc5c(cc4n4c6ccccc6c2c34)c2ccc(N(c3ccccc3)c3ccc(CCc4ccc(N(c6ccc(C)cc6)c6ccc7c8cc9c(cc8n8c%10ccccc%10c6c78)c6ccc(N(c7ccccc7)c7ccc(C)cc7)c7c8ccccc8n9c67)cc4)cc3)c3c4ccccc4n5c23)cc1. The van der Waals surface area contributed by atoms with Crippen molar-refractivity contribution in [3.8, 4) is 0 Å². The Bertz CT molecular complexity index is 8660. The lowest BCUT2D eigenvalue weighted by Gasteiger charge is -2.27. The molecule has 0 unspecified atom stereocenters. The Morgan fingerprint density at radius 1 is 0.189 bits per heavy atom. The van der Waals surface area contributed by atoms with Crippen molar-refractivity contribution in [3.05, 3.63) is 410 Å². The largest absolute Gasteiger partial charge is 0.310 e. The molecule has 574 valence electrons. The summed E-state index contributed by atoms with van der Waals surface area (Å²) in [6.45, 7) is 6.56. The van der Waals surface area contributed by atoms with Gasteiger partial charge in [-0.25, -0.2) is 0 Å². The first-order valence-electron chi connectivity index (χ1n) is 42.7. The topological polar surface area (TPSA) is 30.6 Å². The van der Waals surface area contributed by atoms with Gasteiger partial charge >= 0.3 is 0 Å². The molecule has 8 heteroatoms. The van der Waals surface area contributed by atoms with Gasteiger partial charge in [0.2, 0.25) is 0 Å². The number of aromatic nitrogens is 4. The molecule has 8 aromatic heterocycles. The number of anilines is 12. The average molecular weight is 1560 g/mol. The molecule has 0 spiro atoms. The Morgan fingerprint density at radius 2 is 0.410 bits per heavy atom. The summed E-state index contributed by atoms with van der Waals surface area (Å²) in [7, 11) is 0. The lowest BCUT2D eigenvalue weighted by atomic mass is 10.0. The highest BCUT2D eigenvalue weighted by Crippen LogP contribution is 2.55. The standard InChI is InChI=1S/C114H78N8/c1-4-72-42-52-80(53-43-72)116(76-24-10-6-11-25-76)100-63-59-84-92-66-105-93(67-104(92)120-96-33-19-15-29-88(96)108(100)112(84)120)85-60-64-101(109-89-30-16-20-34-97(89)121(105)113(85)109)117(77-26-12-7-13-27-77)81-54-44-73(45-55-81)40-41-74-46-56-82(57-47-74)118(79-50-38-71(3)39-51-79)102-65-61-86-94-69-103-91(68-106(94)122-98-35-21-17-31-90(98)110(102)114(86)122)83-58-62-99(107-87-28-14-18-32-95(87)119(103)111(83)107)115(75-22-8-5-9-23-75)78-48-36-70(2)37-49-78/h5-39,42-69H,4,40-41H2,1-3H3. The maximum absolute atomic E-state index is 2.56. The van der Waals surface area contributed by atoms with Crippen molar-refractivity contribution in [1.29, 1.82) is 0 Å². The van der Waals surface area contributed by atoms with Gasteiger partial charge in [0, 0.05) is 132 Å². The normalized spacial score (nSPS) is 12.3. The average Bonchev–Trinajstić information content (AvgIpc) is 1.52. The Hall–Kier alpha value is -15.6. The summed E-state index contributed by atoms with van der Waals surface area (Å²) in [5, 5.41) is 19.9. The minimum atomic E-state index is 0.890. The second kappa shape index (κ2) is 26.2. The molecule has 0 aliphatic heterocycles. The Balaban J connectivity index is 0.547. The molecule has 26 rings (SSSR count). The zero-order valence-electron chi connectivity index (χ0n) is 67.6. The Morgan fingerprint density at radius 3 is 0.664 bits per heavy atom. The van der Waals surface area contributed by atoms with Gasteiger partial charge in [-0.05, 0) is 220 Å². The summed E-state index contributed by atoms with van der Waals surface area (Å²) in [5.41, 5.74) is 34.6. The summed E-state index contributed by atoms with van der Waals surface area (Å²) in [5.74, 6) is 0. The maximum atomic E-state index is 2.56. The molecule has 0 fully saturated rings. The molecule has 26 aromatic rings. The van der Waals surface area contributed by atoms with E-state index in [9.17, 15) is 0 Å². The molecule has 0 N–H and O–H groups in total. The van der Waals surface area contributed by atoms with Crippen molar-refractivity contribution >= 4 is 221 Å². The molecular formula is C114H78N8. The highest BCUT2D eigenvalue weighted by Gasteiger charge is 2.32. The van der Waals surface area contributed by atoms with Crippen molar-refractivity contribution in [3.63, 3.8) is 0 Å². The van der Waals surface area contributed by atoms with E-state index >= 15 is 0 Å². The fourth-order valence-corrected chi connectivity index (χ4v) is 21.3. The third-order valence-corrected chi connectivity index (χ3v) is 26.8. The number of para-hydroxylation sites is 7. The van der Waals surface area contributed by atoms with Crippen LogP contribution in [0.4, 0.5) is 68.2 Å². The predicted octanol–water partition coefficient (Wildman–Crippen LogP) is 31.1. The molecule has 0 saturated heterocycles. The van der Waals surface area contributed by atoms with Crippen LogP contribution in [-0.4, -0.2) is 17.6 Å². The smallest absolute Gasteiger partial charge is 0.0641 e. The number of rotatable bonds is 16. The molecule has 8 heterocycles. The number of hydrogen-bond donors (Lipinski definition) is 0. The Kier molecular flexibility index (Phi) is 14.7. The lowest BCUT2D eigenvalue weighted by Crippen LogP contribution is -2.10. The predicted molar refractivity (Wildman–Crippen MR) is 517 cm³/mol. The summed E-state index contributed by atoms with van der Waals surface area (Å²) in [4.78, 5) is 9.85. The lowest BCUT2D eigenvalue weighted by molar-refractivity contribution is 0.959. The fraction of sp³-hybridized carbons (Fsp3) is 0.0526. The monoisotopic (exact) mass is 1560 g/mol. The first-order chi connectivity index (χ1) is 60.3. The van der Waals surface area contributed by atoms with Gasteiger partial charge in [-0.1, -0.05) is 230 Å². The fourth-order valence-electron chi connectivity index (χ4n) is 21.3. The number of fused-ring (bicyclic) bond motifs is 24. The van der Waals surface area contributed by atoms with Crippen LogP contribution >= 0.6 is 0 Å². The van der Waals surface area contributed by atoms with Crippen molar-refractivity contribution in [2.24, 2.45) is 0 Å². The van der Waals surface area contributed by atoms with E-state index in [4.69, 9.17) is 0 Å². The van der Waals surface area contributed by atoms with Crippen LogP contribution in [0.1, 0.15) is 34.7 Å². The third-order valence-electron chi connectivity index (χ3n) is 26.8. The van der Waals surface area contributed by atoms with Crippen molar-refractivity contribution in [1.82, 2.24) is 17.6 Å². The second-order valence-electron chi connectivity index (χ2n) is 33.5. The van der Waals surface area contributed by atoms with E-state index in [0.29, 0.717) is 0 Å². The van der Waals surface area contributed by atoms with Gasteiger partial charge in [0.05, 0.1) is 88.9 Å². The van der Waals surface area contributed by atoms with Crippen LogP contribution in [0.25, 0.3) is 152 Å². The van der Waals surface area contributed by atoms with Gasteiger partial charge in [-0.3, -0.25) is 0 Å². The van der Waals surface area contributed by atoms with Crippen LogP contribution in [0.3, 0.4) is 0 Å². The summed E-state index contributed by atoms with van der Waals surface area (Å²) in [6.07, 6.45) is 2.77. The first-order valence-corrected chi connectivity index (χ1v) is 42.7. The van der Waals surface area contributed by atoms with Crippen molar-refractivity contribution in [2.45, 2.75) is 40.0 Å². The van der Waals surface area contributed by atoms with E-state index in [1.54, 1.807) is 0 Å². The quantitative estimate of drug-likeness (QED) is 0.0965. The highest BCUT2D eigenvalue weighted by atomic mass is 15.2. The molecule has 0 aliphatic rings. The van der Waals surface area contributed by atoms with Crippen molar-refractivity contribution < 1.29 is 0 Å². The number of benzene rings is 18. The molecular weight excluding hydrogens is 1480 g/mol. The highest BCUT2D eigenvalue weighted by molar-refractivity contribution is 6.35. The summed E-state index contributed by atoms with van der Waals surface area (Å²) in [6, 6.07) is 144. The Labute approximate surface area is 703 Å². The van der Waals surface area contributed by atoms with Gasteiger partial charge in [0.15, 0.2) is 0 Å². The van der Waals surface area contributed by atoms with Crippen LogP contribution in [0.2, 0.25) is 0 Å². The number of nitrogens with zero attached hydrogens (tertiary/aromatic N) is 8. The second-order valence-corrected chi connectivity index (χ2v) is 33.5. The molecule has 8 nitrogen and oxygen atoms in total. The molecule has 0 atom stereocenters. The molecule has 0 radical (unpaired) electrons. The molecule has 0 aliphatic carbocycles. The van der Waals surface area contributed by atoms with Gasteiger partial charge in [-0.15, -0.1) is 0 Å². The van der Waals surface area contributed by atoms with E-state index in [-0.39, 0.29) is 0 Å². The minimum Gasteiger partial charge on any atom is -0.310 e. The maximum Gasteiger partial charge on any atom is 0.0641 e. The van der Waals surface area contributed by atoms with Crippen LogP contribution < -0.4 is 19.6 Å². The van der Waals surface area contributed by atoms with Gasteiger partial charge in [0.1, 0.15) is 0 Å². The zero-order valence-corrected chi connectivity index (χ0v) is 67.6. The molecule has 0 bridgehead atoms. The minimum absolute atomic E-state index is 0.890. The van der Waals surface area contributed by atoms with Crippen molar-refractivity contribution in [2.75, 3.05) is 19.6 Å². The van der Waals surface area contributed by atoms with E-state index in [1.807, 2.05) is 0 Å². The van der Waals surface area contributed by atoms with Crippen LogP contribution in [0.5, 0.6) is 0 Å². The van der Waals surface area contributed by atoms with Gasteiger partial charge in [0.25, 0.3) is 0 Å². The van der Waals surface area contributed by atoms with Crippen LogP contribution in [0, 0.1) is 13.8 Å². The van der Waals surface area contributed by atoms with E-state index in [2.05, 4.69) is 440 Å². The van der Waals surface area contributed by atoms with Crippen LogP contribution in [-0.2, 0) is 19.3 Å². The van der Waals surface area contributed by atoms with Gasteiger partial charge in [-0.2, -0.15) is 0 Å². The summed E-state index contributed by atoms with van der Waals surface area (Å²) < 4.78 is 10.2. The van der Waals surface area contributed by atoms with E-state index < -0.39 is 0 Å². The van der Waals surface area contributed by atoms with E-state index in [0.717, 1.165) is 81.8 Å².